The highest BCUT2D eigenvalue weighted by Crippen LogP contribution is 2.11. The second kappa shape index (κ2) is 17.1. The maximum Gasteiger partial charge on any atom is 0.326 e. The average molecular weight is 505 g/mol. The van der Waals surface area contributed by atoms with Crippen LogP contribution in [-0.2, 0) is 24.0 Å². The van der Waals surface area contributed by atoms with Crippen molar-refractivity contribution in [1.29, 1.82) is 0 Å². The first-order valence-electron chi connectivity index (χ1n) is 11.3. The van der Waals surface area contributed by atoms with Crippen LogP contribution in [0.5, 0.6) is 0 Å². The molecule has 0 aromatic rings. The third-order valence-corrected chi connectivity index (χ3v) is 6.00. The molecule has 0 spiro atoms. The molecule has 0 bridgehead atoms. The summed E-state index contributed by atoms with van der Waals surface area (Å²) in [5, 5.41) is 17.1. The van der Waals surface area contributed by atoms with Crippen LogP contribution in [0.1, 0.15) is 52.4 Å². The quantitative estimate of drug-likeness (QED) is 0.110. The predicted octanol–water partition coefficient (Wildman–Crippen LogP) is -1.34. The lowest BCUT2D eigenvalue weighted by Gasteiger charge is -2.28. The zero-order valence-electron chi connectivity index (χ0n) is 20.2. The molecule has 0 saturated carbocycles. The van der Waals surface area contributed by atoms with Gasteiger partial charge in [-0.3, -0.25) is 19.2 Å². The number of hydrogen-bond acceptors (Lipinski definition) is 8. The third-order valence-electron chi connectivity index (χ3n) is 5.36. The number of unbranched alkanes of at least 4 members (excludes halogenated alkanes) is 1. The monoisotopic (exact) mass is 504 g/mol. The molecule has 0 aromatic carbocycles. The first-order chi connectivity index (χ1) is 16.0. The Morgan fingerprint density at radius 3 is 2.06 bits per heavy atom. The summed E-state index contributed by atoms with van der Waals surface area (Å²) in [6.07, 6.45) is 3.62. The molecular weight excluding hydrogens is 464 g/mol. The highest BCUT2D eigenvalue weighted by Gasteiger charge is 2.32. The van der Waals surface area contributed by atoms with E-state index >= 15 is 0 Å². The Labute approximate surface area is 204 Å². The van der Waals surface area contributed by atoms with Crippen LogP contribution in [0, 0.1) is 5.92 Å². The van der Waals surface area contributed by atoms with E-state index in [1.165, 1.54) is 11.8 Å². The largest absolute Gasteiger partial charge is 0.480 e. The molecule has 5 atom stereocenters. The van der Waals surface area contributed by atoms with Gasteiger partial charge in [-0.25, -0.2) is 4.79 Å². The Hall–Kier alpha value is -2.38. The van der Waals surface area contributed by atoms with Crippen LogP contribution < -0.4 is 33.2 Å². The van der Waals surface area contributed by atoms with E-state index in [9.17, 15) is 29.1 Å². The van der Waals surface area contributed by atoms with Crippen LogP contribution >= 0.6 is 11.8 Å². The zero-order chi connectivity index (χ0) is 26.3. The summed E-state index contributed by atoms with van der Waals surface area (Å²) < 4.78 is 0. The van der Waals surface area contributed by atoms with E-state index in [0.717, 1.165) is 0 Å². The molecule has 0 saturated heterocycles. The normalized spacial score (nSPS) is 15.3. The van der Waals surface area contributed by atoms with E-state index in [4.69, 9.17) is 17.2 Å². The smallest absolute Gasteiger partial charge is 0.326 e. The number of carboxylic acids is 1. The number of carboxylic acid groups (broad SMARTS) is 1. The molecule has 0 aliphatic carbocycles. The maximum atomic E-state index is 13.0. The summed E-state index contributed by atoms with van der Waals surface area (Å²) >= 11 is 1.46. The minimum absolute atomic E-state index is 0.212. The molecule has 10 N–H and O–H groups in total. The van der Waals surface area contributed by atoms with Crippen molar-refractivity contribution >= 4 is 41.4 Å². The minimum atomic E-state index is -1.21. The second-order valence-electron chi connectivity index (χ2n) is 8.18. The number of primary amides is 1. The van der Waals surface area contributed by atoms with Crippen molar-refractivity contribution in [2.75, 3.05) is 18.6 Å². The molecule has 0 aromatic heterocycles. The van der Waals surface area contributed by atoms with Crippen LogP contribution in [0.2, 0.25) is 0 Å². The molecule has 196 valence electrons. The van der Waals surface area contributed by atoms with Crippen molar-refractivity contribution in [2.24, 2.45) is 23.1 Å². The fourth-order valence-electron chi connectivity index (χ4n) is 3.06. The number of rotatable bonds is 18. The molecule has 0 aliphatic rings. The third kappa shape index (κ3) is 12.2. The predicted molar refractivity (Wildman–Crippen MR) is 131 cm³/mol. The molecule has 12 nitrogen and oxygen atoms in total. The van der Waals surface area contributed by atoms with Gasteiger partial charge in [-0.1, -0.05) is 20.3 Å². The molecule has 34 heavy (non-hydrogen) atoms. The van der Waals surface area contributed by atoms with Gasteiger partial charge in [0.2, 0.25) is 23.6 Å². The molecule has 0 fully saturated rings. The van der Waals surface area contributed by atoms with E-state index in [2.05, 4.69) is 16.0 Å². The highest BCUT2D eigenvalue weighted by molar-refractivity contribution is 7.98. The molecule has 0 heterocycles. The van der Waals surface area contributed by atoms with Crippen molar-refractivity contribution < 1.29 is 29.1 Å². The first-order valence-corrected chi connectivity index (χ1v) is 12.7. The van der Waals surface area contributed by atoms with Crippen LogP contribution in [0.4, 0.5) is 0 Å². The van der Waals surface area contributed by atoms with Crippen LogP contribution in [-0.4, -0.2) is 77.4 Å². The van der Waals surface area contributed by atoms with Gasteiger partial charge in [-0.2, -0.15) is 11.8 Å². The van der Waals surface area contributed by atoms with Crippen molar-refractivity contribution in [3.8, 4) is 0 Å². The first kappa shape index (κ1) is 31.6. The average Bonchev–Trinajstić information content (AvgIpc) is 2.77. The number of carbonyl (C=O) groups excluding carboxylic acids is 4. The SMILES string of the molecule is CCC(C)C(NC(=O)C(CCSC)NC(=O)C(N)CC(N)=O)C(=O)NC(CCCCN)C(=O)O. The Kier molecular flexibility index (Phi) is 15.9. The standard InChI is InChI=1S/C21H40N6O6S/c1-4-12(2)17(20(31)26-15(21(32)33)7-5-6-9-22)27-19(30)14(8-10-34-3)25-18(29)13(23)11-16(24)28/h12-15,17H,4-11,22-23H2,1-3H3,(H2,24,28)(H,25,29)(H,26,31)(H,27,30)(H,32,33). The Morgan fingerprint density at radius 1 is 0.941 bits per heavy atom. The van der Waals surface area contributed by atoms with Gasteiger partial charge >= 0.3 is 5.97 Å². The fraction of sp³-hybridized carbons (Fsp3) is 0.762. The lowest BCUT2D eigenvalue weighted by Crippen LogP contribution is -2.58. The Morgan fingerprint density at radius 2 is 1.56 bits per heavy atom. The van der Waals surface area contributed by atoms with Crippen molar-refractivity contribution in [2.45, 2.75) is 76.5 Å². The summed E-state index contributed by atoms with van der Waals surface area (Å²) in [6, 6.07) is -4.33. The Bertz CT molecular complexity index is 695. The molecule has 0 rings (SSSR count). The van der Waals surface area contributed by atoms with E-state index < -0.39 is 53.8 Å². The van der Waals surface area contributed by atoms with Gasteiger partial charge in [0.1, 0.15) is 18.1 Å². The van der Waals surface area contributed by atoms with Gasteiger partial charge in [0, 0.05) is 0 Å². The lowest BCUT2D eigenvalue weighted by atomic mass is 9.97. The summed E-state index contributed by atoms with van der Waals surface area (Å²) in [5.41, 5.74) is 16.2. The lowest BCUT2D eigenvalue weighted by molar-refractivity contribution is -0.143. The van der Waals surface area contributed by atoms with Gasteiger partial charge < -0.3 is 38.3 Å². The summed E-state index contributed by atoms with van der Waals surface area (Å²) in [5.74, 6) is -3.64. The maximum absolute atomic E-state index is 13.0. The highest BCUT2D eigenvalue weighted by atomic mass is 32.2. The van der Waals surface area contributed by atoms with E-state index in [1.807, 2.05) is 13.2 Å². The molecule has 4 amide bonds. The van der Waals surface area contributed by atoms with Crippen molar-refractivity contribution in [3.63, 3.8) is 0 Å². The fourth-order valence-corrected chi connectivity index (χ4v) is 3.53. The number of carbonyl (C=O) groups is 5. The number of aliphatic carboxylic acids is 1. The number of amides is 4. The van der Waals surface area contributed by atoms with Gasteiger partial charge in [0.15, 0.2) is 0 Å². The van der Waals surface area contributed by atoms with Crippen molar-refractivity contribution in [3.05, 3.63) is 0 Å². The van der Waals surface area contributed by atoms with Gasteiger partial charge in [0.05, 0.1) is 12.5 Å². The molecule has 13 heteroatoms. The van der Waals surface area contributed by atoms with Crippen LogP contribution in [0.3, 0.4) is 0 Å². The summed E-state index contributed by atoms with van der Waals surface area (Å²) in [6.45, 7) is 4.01. The summed E-state index contributed by atoms with van der Waals surface area (Å²) in [7, 11) is 0. The van der Waals surface area contributed by atoms with Gasteiger partial charge in [0.25, 0.3) is 0 Å². The van der Waals surface area contributed by atoms with Crippen LogP contribution in [0.15, 0.2) is 0 Å². The molecule has 5 unspecified atom stereocenters. The summed E-state index contributed by atoms with van der Waals surface area (Å²) in [4.78, 5) is 60.9. The molecule has 0 aliphatic heterocycles. The number of thioether (sulfide) groups is 1. The molecular formula is C21H40N6O6S. The minimum Gasteiger partial charge on any atom is -0.480 e. The van der Waals surface area contributed by atoms with E-state index in [-0.39, 0.29) is 25.2 Å². The van der Waals surface area contributed by atoms with Gasteiger partial charge in [-0.15, -0.1) is 0 Å². The number of hydrogen-bond donors (Lipinski definition) is 7. The second-order valence-corrected chi connectivity index (χ2v) is 9.16. The van der Waals surface area contributed by atoms with E-state index in [1.54, 1.807) is 6.92 Å². The van der Waals surface area contributed by atoms with Crippen LogP contribution in [0.25, 0.3) is 0 Å². The van der Waals surface area contributed by atoms with Crippen molar-refractivity contribution in [1.82, 2.24) is 16.0 Å². The topological polar surface area (TPSA) is 220 Å². The van der Waals surface area contributed by atoms with E-state index in [0.29, 0.717) is 31.6 Å². The molecule has 0 radical (unpaired) electrons. The number of nitrogens with two attached hydrogens (primary N) is 3. The Balaban J connectivity index is 5.47. The van der Waals surface area contributed by atoms with Gasteiger partial charge in [-0.05, 0) is 50.2 Å². The number of nitrogens with one attached hydrogen (secondary N) is 3. The zero-order valence-corrected chi connectivity index (χ0v) is 21.0.